The molecule has 2 N–H and O–H groups in total. The molecule has 0 aliphatic carbocycles. The highest BCUT2D eigenvalue weighted by Crippen LogP contribution is 2.24. The number of nitrogens with zero attached hydrogens (tertiary/aromatic N) is 2. The van der Waals surface area contributed by atoms with E-state index in [0.717, 1.165) is 25.7 Å². The van der Waals surface area contributed by atoms with E-state index in [1.165, 1.54) is 12.1 Å². The van der Waals surface area contributed by atoms with Crippen LogP contribution < -0.4 is 10.5 Å². The van der Waals surface area contributed by atoms with Crippen LogP contribution in [0.5, 0.6) is 5.75 Å². The third kappa shape index (κ3) is 5.54. The highest BCUT2D eigenvalue weighted by molar-refractivity contribution is 5.85. The molecule has 1 amide bonds. The molecule has 150 valence electrons. The largest absolute Gasteiger partial charge is 0.490 e. The first kappa shape index (κ1) is 21.4. The van der Waals surface area contributed by atoms with E-state index in [1.807, 2.05) is 4.90 Å². The minimum atomic E-state index is -0.453. The van der Waals surface area contributed by atoms with Gasteiger partial charge in [0.05, 0.1) is 11.0 Å². The summed E-state index contributed by atoms with van der Waals surface area (Å²) in [6, 6.07) is 5.63. The Bertz CT molecular complexity index is 628. The molecular weight excluding hydrogens is 374 g/mol. The summed E-state index contributed by atoms with van der Waals surface area (Å²) < 4.78 is 11.2. The maximum atomic E-state index is 12.6. The van der Waals surface area contributed by atoms with Gasteiger partial charge in [0.1, 0.15) is 11.9 Å². The van der Waals surface area contributed by atoms with E-state index >= 15 is 0 Å². The topological polar surface area (TPSA) is 108 Å². The zero-order valence-corrected chi connectivity index (χ0v) is 15.9. The first-order valence-electron chi connectivity index (χ1n) is 9.08. The van der Waals surface area contributed by atoms with Crippen LogP contribution in [0.2, 0.25) is 0 Å². The molecule has 27 heavy (non-hydrogen) atoms. The lowest BCUT2D eigenvalue weighted by Gasteiger charge is -2.36. The summed E-state index contributed by atoms with van der Waals surface area (Å²) >= 11 is 0. The Morgan fingerprint density at radius 2 is 1.78 bits per heavy atom. The number of hydrogen-bond donors (Lipinski definition) is 1. The summed E-state index contributed by atoms with van der Waals surface area (Å²) in [5, 5.41) is 10.7. The van der Waals surface area contributed by atoms with E-state index in [1.54, 1.807) is 12.1 Å². The molecule has 2 aliphatic rings. The van der Waals surface area contributed by atoms with Crippen LogP contribution in [0.3, 0.4) is 0 Å². The first-order valence-corrected chi connectivity index (χ1v) is 9.08. The van der Waals surface area contributed by atoms with Gasteiger partial charge >= 0.3 is 0 Å². The number of rotatable bonds is 5. The fourth-order valence-electron chi connectivity index (χ4n) is 3.52. The van der Waals surface area contributed by atoms with Crippen molar-refractivity contribution >= 4 is 24.0 Å². The summed E-state index contributed by atoms with van der Waals surface area (Å²) in [5.74, 6) is 0.829. The Hall–Kier alpha value is -1.90. The number of ether oxygens (including phenoxy) is 2. The molecule has 8 nitrogen and oxygen atoms in total. The quantitative estimate of drug-likeness (QED) is 0.600. The van der Waals surface area contributed by atoms with Gasteiger partial charge in [-0.05, 0) is 30.9 Å². The van der Waals surface area contributed by atoms with Gasteiger partial charge in [-0.15, -0.1) is 12.4 Å². The van der Waals surface area contributed by atoms with Crippen molar-refractivity contribution in [1.29, 1.82) is 0 Å². The van der Waals surface area contributed by atoms with E-state index in [9.17, 15) is 14.9 Å². The molecule has 2 heterocycles. The van der Waals surface area contributed by atoms with Gasteiger partial charge in [0.2, 0.25) is 5.91 Å². The number of non-ortho nitro benzene ring substituents is 1. The van der Waals surface area contributed by atoms with E-state index in [0.29, 0.717) is 32.1 Å². The Kier molecular flexibility index (Phi) is 7.82. The lowest BCUT2D eigenvalue weighted by atomic mass is 9.91. The lowest BCUT2D eigenvalue weighted by Crippen LogP contribution is -2.52. The Balaban J connectivity index is 0.00000261. The van der Waals surface area contributed by atoms with Gasteiger partial charge in [0, 0.05) is 51.3 Å². The SMILES string of the molecule is Cl.NC(C(=O)N1CCC(Oc2ccc([N+](=O)[O-])cc2)CC1)C1CCOCC1. The number of carbonyl (C=O) groups excluding carboxylic acids is 1. The van der Waals surface area contributed by atoms with Crippen molar-refractivity contribution in [2.24, 2.45) is 11.7 Å². The van der Waals surface area contributed by atoms with Gasteiger partial charge in [-0.3, -0.25) is 14.9 Å². The van der Waals surface area contributed by atoms with Crippen molar-refractivity contribution < 1.29 is 19.2 Å². The summed E-state index contributed by atoms with van der Waals surface area (Å²) in [6.45, 7) is 2.59. The summed E-state index contributed by atoms with van der Waals surface area (Å²) in [4.78, 5) is 24.7. The van der Waals surface area contributed by atoms with E-state index in [-0.39, 0.29) is 36.0 Å². The fraction of sp³-hybridized carbons (Fsp3) is 0.611. The number of nitrogens with two attached hydrogens (primary N) is 1. The standard InChI is InChI=1S/C18H25N3O5.ClH/c19-17(13-7-11-25-12-8-13)18(22)20-9-5-16(6-10-20)26-15-3-1-14(2-4-15)21(23)24;/h1-4,13,16-17H,5-12,19H2;1H. The van der Waals surface area contributed by atoms with E-state index < -0.39 is 11.0 Å². The lowest BCUT2D eigenvalue weighted by molar-refractivity contribution is -0.384. The third-order valence-corrected chi connectivity index (χ3v) is 5.16. The maximum absolute atomic E-state index is 12.6. The van der Waals surface area contributed by atoms with Crippen molar-refractivity contribution in [3.63, 3.8) is 0 Å². The van der Waals surface area contributed by atoms with Gasteiger partial charge < -0.3 is 20.1 Å². The molecule has 9 heteroatoms. The Morgan fingerprint density at radius 3 is 2.33 bits per heavy atom. The van der Waals surface area contributed by atoms with Crippen LogP contribution in [-0.4, -0.2) is 54.2 Å². The van der Waals surface area contributed by atoms with Crippen LogP contribution in [-0.2, 0) is 9.53 Å². The highest BCUT2D eigenvalue weighted by Gasteiger charge is 2.32. The predicted molar refractivity (Wildman–Crippen MR) is 102 cm³/mol. The van der Waals surface area contributed by atoms with E-state index in [2.05, 4.69) is 0 Å². The molecule has 1 aromatic rings. The molecular formula is C18H26ClN3O5. The van der Waals surface area contributed by atoms with Crippen LogP contribution in [0.4, 0.5) is 5.69 Å². The second kappa shape index (κ2) is 9.87. The van der Waals surface area contributed by atoms with Gasteiger partial charge in [0.15, 0.2) is 0 Å². The molecule has 0 bridgehead atoms. The van der Waals surface area contributed by atoms with Crippen molar-refractivity contribution in [2.45, 2.75) is 37.8 Å². The number of likely N-dealkylation sites (tertiary alicyclic amines) is 1. The second-order valence-corrected chi connectivity index (χ2v) is 6.87. The minimum Gasteiger partial charge on any atom is -0.490 e. The van der Waals surface area contributed by atoms with Gasteiger partial charge in [0.25, 0.3) is 5.69 Å². The predicted octanol–water partition coefficient (Wildman–Crippen LogP) is 2.14. The summed E-state index contributed by atoms with van der Waals surface area (Å²) in [5.41, 5.74) is 6.23. The average Bonchev–Trinajstić information content (AvgIpc) is 2.68. The van der Waals surface area contributed by atoms with Crippen LogP contribution in [0.25, 0.3) is 0 Å². The number of benzene rings is 1. The van der Waals surface area contributed by atoms with Crippen molar-refractivity contribution in [3.8, 4) is 5.75 Å². The minimum absolute atomic E-state index is 0. The number of piperidine rings is 1. The van der Waals surface area contributed by atoms with Crippen LogP contribution in [0.15, 0.2) is 24.3 Å². The molecule has 2 saturated heterocycles. The van der Waals surface area contributed by atoms with Gasteiger partial charge in [-0.2, -0.15) is 0 Å². The molecule has 0 saturated carbocycles. The van der Waals surface area contributed by atoms with Crippen molar-refractivity contribution in [3.05, 3.63) is 34.4 Å². The summed E-state index contributed by atoms with van der Waals surface area (Å²) in [6.07, 6.45) is 3.13. The number of amides is 1. The molecule has 1 unspecified atom stereocenters. The molecule has 0 aromatic heterocycles. The van der Waals surface area contributed by atoms with Crippen LogP contribution >= 0.6 is 12.4 Å². The molecule has 2 fully saturated rings. The van der Waals surface area contributed by atoms with Gasteiger partial charge in [-0.1, -0.05) is 0 Å². The second-order valence-electron chi connectivity index (χ2n) is 6.87. The molecule has 0 radical (unpaired) electrons. The first-order chi connectivity index (χ1) is 12.5. The summed E-state index contributed by atoms with van der Waals surface area (Å²) in [7, 11) is 0. The van der Waals surface area contributed by atoms with Crippen LogP contribution in [0.1, 0.15) is 25.7 Å². The van der Waals surface area contributed by atoms with E-state index in [4.69, 9.17) is 15.2 Å². The monoisotopic (exact) mass is 399 g/mol. The smallest absolute Gasteiger partial charge is 0.269 e. The fourth-order valence-corrected chi connectivity index (χ4v) is 3.52. The Labute approximate surface area is 164 Å². The van der Waals surface area contributed by atoms with Crippen LogP contribution in [0, 0.1) is 16.0 Å². The number of halogens is 1. The normalized spacial score (nSPS) is 19.8. The number of carbonyl (C=O) groups is 1. The molecule has 2 aliphatic heterocycles. The molecule has 1 atom stereocenters. The molecule has 3 rings (SSSR count). The Morgan fingerprint density at radius 1 is 1.19 bits per heavy atom. The number of nitro groups is 1. The highest BCUT2D eigenvalue weighted by atomic mass is 35.5. The molecule has 1 aromatic carbocycles. The zero-order chi connectivity index (χ0) is 18.5. The van der Waals surface area contributed by atoms with Crippen molar-refractivity contribution in [1.82, 2.24) is 4.90 Å². The maximum Gasteiger partial charge on any atom is 0.269 e. The van der Waals surface area contributed by atoms with Crippen molar-refractivity contribution in [2.75, 3.05) is 26.3 Å². The third-order valence-electron chi connectivity index (χ3n) is 5.16. The zero-order valence-electron chi connectivity index (χ0n) is 15.1. The number of nitro benzene ring substituents is 1. The molecule has 0 spiro atoms. The van der Waals surface area contributed by atoms with Gasteiger partial charge in [-0.25, -0.2) is 0 Å². The number of hydrogen-bond acceptors (Lipinski definition) is 6. The average molecular weight is 400 g/mol.